The summed E-state index contributed by atoms with van der Waals surface area (Å²) < 4.78 is 8.21. The van der Waals surface area contributed by atoms with Gasteiger partial charge in [0, 0.05) is 15.5 Å². The number of aliphatic hydroxyl groups is 1. The normalized spacial score (nSPS) is 12.8. The van der Waals surface area contributed by atoms with Gasteiger partial charge in [-0.2, -0.15) is 0 Å². The van der Waals surface area contributed by atoms with Crippen LogP contribution in [0.3, 0.4) is 0 Å². The van der Waals surface area contributed by atoms with Gasteiger partial charge < -0.3 is 26.7 Å². The van der Waals surface area contributed by atoms with Gasteiger partial charge in [-0.05, 0) is 24.3 Å². The van der Waals surface area contributed by atoms with Crippen LogP contribution in [0.2, 0.25) is 0 Å². The molecule has 0 fully saturated rings. The Balaban J connectivity index is 0.00000225. The molecule has 3 aromatic rings. The van der Waals surface area contributed by atoms with Crippen molar-refractivity contribution < 1.29 is 26.7 Å². The van der Waals surface area contributed by atoms with Gasteiger partial charge in [0.2, 0.25) is 6.29 Å². The highest BCUT2D eigenvalue weighted by molar-refractivity contribution is 7.24. The number of hydrogen-bond donors (Lipinski definition) is 1. The molecule has 6 heteroatoms. The van der Waals surface area contributed by atoms with Gasteiger partial charge in [0.15, 0.2) is 5.43 Å². The van der Waals surface area contributed by atoms with E-state index in [9.17, 15) is 9.90 Å². The van der Waals surface area contributed by atoms with Crippen molar-refractivity contribution in [1.82, 2.24) is 0 Å². The summed E-state index contributed by atoms with van der Waals surface area (Å²) in [6, 6.07) is 13.0. The molecule has 3 rings (SSSR count). The van der Waals surface area contributed by atoms with Crippen LogP contribution < -0.4 is 22.6 Å². The molecule has 0 amide bonds. The van der Waals surface area contributed by atoms with E-state index in [0.29, 0.717) is 17.6 Å². The third-order valence-electron chi connectivity index (χ3n) is 3.88. The van der Waals surface area contributed by atoms with Crippen LogP contribution in [0.25, 0.3) is 20.2 Å². The second-order valence-electron chi connectivity index (χ2n) is 6.94. The topological polar surface area (TPSA) is 46.5 Å². The van der Waals surface area contributed by atoms with Gasteiger partial charge >= 0.3 is 0 Å². The highest BCUT2D eigenvalue weighted by Crippen LogP contribution is 2.32. The number of aliphatic hydroxyl groups excluding tert-OH is 1. The lowest BCUT2D eigenvalue weighted by Gasteiger charge is -2.25. The zero-order chi connectivity index (χ0) is 17.3. The molecular formula is C19H22ClNO3S. The molecule has 0 spiro atoms. The van der Waals surface area contributed by atoms with Crippen molar-refractivity contribution in [1.29, 1.82) is 0 Å². The van der Waals surface area contributed by atoms with Gasteiger partial charge in [-0.1, -0.05) is 18.2 Å². The third kappa shape index (κ3) is 4.50. The zero-order valence-electron chi connectivity index (χ0n) is 14.5. The predicted octanol–water partition coefficient (Wildman–Crippen LogP) is 0.212. The minimum absolute atomic E-state index is 0. The molecule has 1 unspecified atom stereocenters. The first-order valence-corrected chi connectivity index (χ1v) is 8.76. The van der Waals surface area contributed by atoms with E-state index in [1.165, 1.54) is 11.3 Å². The van der Waals surface area contributed by atoms with Crippen LogP contribution >= 0.6 is 11.3 Å². The number of halogens is 1. The highest BCUT2D eigenvalue weighted by atomic mass is 35.5. The Bertz CT molecular complexity index is 933. The van der Waals surface area contributed by atoms with Crippen molar-refractivity contribution in [3.63, 3.8) is 0 Å². The molecular weight excluding hydrogens is 358 g/mol. The number of fused-ring (bicyclic) bond motifs is 2. The van der Waals surface area contributed by atoms with E-state index < -0.39 is 6.29 Å². The maximum absolute atomic E-state index is 12.7. The summed E-state index contributed by atoms with van der Waals surface area (Å²) in [5, 5.41) is 11.6. The number of benzene rings is 2. The van der Waals surface area contributed by atoms with Crippen molar-refractivity contribution in [3.05, 3.63) is 52.7 Å². The Labute approximate surface area is 157 Å². The molecule has 0 radical (unpaired) electrons. The van der Waals surface area contributed by atoms with Crippen LogP contribution in [0, 0.1) is 0 Å². The van der Waals surface area contributed by atoms with E-state index in [4.69, 9.17) is 4.74 Å². The maximum Gasteiger partial charge on any atom is 0.202 e. The number of quaternary nitrogens is 1. The first-order valence-electron chi connectivity index (χ1n) is 7.95. The standard InChI is InChI=1S/C19H22NO3S.ClH/c1-20(2,3)12-11-17(21)23-15-9-6-8-14-18(22)13-7-4-5-10-16(13)24-19(14)15;/h4-10,17,21H,11-12H2,1-3H3;1H/q+1;/p-1. The number of hydrogen-bond acceptors (Lipinski definition) is 4. The van der Waals surface area contributed by atoms with E-state index in [-0.39, 0.29) is 17.8 Å². The molecule has 0 aliphatic rings. The summed E-state index contributed by atoms with van der Waals surface area (Å²) in [6.07, 6.45) is -0.357. The molecule has 1 N–H and O–H groups in total. The van der Waals surface area contributed by atoms with Gasteiger partial charge in [0.05, 0.1) is 38.8 Å². The number of ether oxygens (including phenoxy) is 1. The van der Waals surface area contributed by atoms with Crippen LogP contribution in [-0.2, 0) is 0 Å². The van der Waals surface area contributed by atoms with E-state index in [0.717, 1.165) is 25.8 Å². The molecule has 1 atom stereocenters. The largest absolute Gasteiger partial charge is 1.00 e. The fourth-order valence-corrected chi connectivity index (χ4v) is 3.72. The van der Waals surface area contributed by atoms with Crippen LogP contribution in [0.1, 0.15) is 6.42 Å². The molecule has 0 saturated heterocycles. The minimum Gasteiger partial charge on any atom is -1.00 e. The Morgan fingerprint density at radius 1 is 1.08 bits per heavy atom. The van der Waals surface area contributed by atoms with E-state index in [1.54, 1.807) is 6.07 Å². The molecule has 0 bridgehead atoms. The highest BCUT2D eigenvalue weighted by Gasteiger charge is 2.16. The van der Waals surface area contributed by atoms with Gasteiger partial charge in [-0.15, -0.1) is 11.3 Å². The van der Waals surface area contributed by atoms with Crippen molar-refractivity contribution in [2.45, 2.75) is 12.7 Å². The summed E-state index contributed by atoms with van der Waals surface area (Å²) in [5.74, 6) is 0.564. The molecule has 0 saturated carbocycles. The van der Waals surface area contributed by atoms with Gasteiger partial charge in [-0.3, -0.25) is 4.79 Å². The molecule has 4 nitrogen and oxygen atoms in total. The summed E-state index contributed by atoms with van der Waals surface area (Å²) in [4.78, 5) is 12.7. The summed E-state index contributed by atoms with van der Waals surface area (Å²) >= 11 is 1.52. The van der Waals surface area contributed by atoms with Gasteiger partial charge in [0.25, 0.3) is 0 Å². The van der Waals surface area contributed by atoms with Crippen molar-refractivity contribution in [2.24, 2.45) is 0 Å². The molecule has 134 valence electrons. The van der Waals surface area contributed by atoms with Crippen molar-refractivity contribution >= 4 is 31.5 Å². The van der Waals surface area contributed by atoms with Crippen molar-refractivity contribution in [2.75, 3.05) is 27.7 Å². The first-order chi connectivity index (χ1) is 11.3. The SMILES string of the molecule is C[N+](C)(C)CCC(O)Oc1cccc2c(=O)c3ccccc3sc12.[Cl-]. The van der Waals surface area contributed by atoms with Gasteiger partial charge in [0.1, 0.15) is 5.75 Å². The monoisotopic (exact) mass is 379 g/mol. The Hall–Kier alpha value is -1.66. The molecule has 0 aliphatic carbocycles. The average Bonchev–Trinajstić information content (AvgIpc) is 2.53. The summed E-state index contributed by atoms with van der Waals surface area (Å²) in [6.45, 7) is 0.797. The number of nitrogens with zero attached hydrogens (tertiary/aromatic N) is 1. The molecule has 2 aromatic carbocycles. The number of rotatable bonds is 5. The quantitative estimate of drug-likeness (QED) is 0.392. The van der Waals surface area contributed by atoms with Crippen LogP contribution in [0.15, 0.2) is 47.3 Å². The van der Waals surface area contributed by atoms with Crippen LogP contribution in [-0.4, -0.2) is 43.6 Å². The summed E-state index contributed by atoms with van der Waals surface area (Å²) in [7, 11) is 6.22. The van der Waals surface area contributed by atoms with E-state index in [1.807, 2.05) is 36.4 Å². The smallest absolute Gasteiger partial charge is 0.202 e. The second-order valence-corrected chi connectivity index (χ2v) is 7.99. The van der Waals surface area contributed by atoms with Crippen LogP contribution in [0.4, 0.5) is 0 Å². The average molecular weight is 380 g/mol. The fourth-order valence-electron chi connectivity index (χ4n) is 2.59. The molecule has 25 heavy (non-hydrogen) atoms. The van der Waals surface area contributed by atoms with E-state index >= 15 is 0 Å². The predicted molar refractivity (Wildman–Crippen MR) is 99.8 cm³/mol. The molecule has 0 aliphatic heterocycles. The Kier molecular flexibility index (Phi) is 6.06. The van der Waals surface area contributed by atoms with Gasteiger partial charge in [-0.25, -0.2) is 0 Å². The fraction of sp³-hybridized carbons (Fsp3) is 0.316. The first kappa shape index (κ1) is 19.7. The maximum atomic E-state index is 12.7. The summed E-state index contributed by atoms with van der Waals surface area (Å²) in [5.41, 5.74) is 0.00523. The lowest BCUT2D eigenvalue weighted by molar-refractivity contribution is -0.871. The third-order valence-corrected chi connectivity index (χ3v) is 5.08. The Morgan fingerprint density at radius 2 is 1.76 bits per heavy atom. The molecule has 1 aromatic heterocycles. The molecule has 1 heterocycles. The second kappa shape index (κ2) is 7.70. The minimum atomic E-state index is -0.887. The van der Waals surface area contributed by atoms with Crippen LogP contribution in [0.5, 0.6) is 5.75 Å². The lowest BCUT2D eigenvalue weighted by Crippen LogP contribution is -3.00. The Morgan fingerprint density at radius 3 is 2.48 bits per heavy atom. The van der Waals surface area contributed by atoms with Crippen molar-refractivity contribution in [3.8, 4) is 5.75 Å². The lowest BCUT2D eigenvalue weighted by atomic mass is 10.2. The zero-order valence-corrected chi connectivity index (χ0v) is 16.1. The van der Waals surface area contributed by atoms with E-state index in [2.05, 4.69) is 21.1 Å².